The van der Waals surface area contributed by atoms with E-state index in [0.29, 0.717) is 32.1 Å². The van der Waals surface area contributed by atoms with Gasteiger partial charge in [0.2, 0.25) is 0 Å². The Balaban J connectivity index is 4.73. The molecule has 0 rings (SSSR count). The molecule has 16 heteroatoms. The van der Waals surface area contributed by atoms with Gasteiger partial charge in [0.05, 0.1) is 25.9 Å². The lowest BCUT2D eigenvalue weighted by atomic mass is 10.1. The number of carbonyl (C=O) groups is 2. The summed E-state index contributed by atoms with van der Waals surface area (Å²) in [6.45, 7) is 1.41. The number of carbonyl (C=O) groups excluding carboxylic acids is 2. The van der Waals surface area contributed by atoms with Crippen LogP contribution in [0, 0.1) is 0 Å². The minimum atomic E-state index is -4.89. The van der Waals surface area contributed by atoms with Crippen LogP contribution in [-0.4, -0.2) is 81.6 Å². The van der Waals surface area contributed by atoms with Gasteiger partial charge in [-0.3, -0.25) is 23.2 Å². The highest BCUT2D eigenvalue weighted by Crippen LogP contribution is 2.43. The Morgan fingerprint density at radius 1 is 0.531 bits per heavy atom. The molecule has 0 aromatic carbocycles. The standard InChI is InChI=1S/C48H78O14P2/c1-3-5-7-9-11-12-13-14-15-16-17-18-19-20-21-22-27-31-35-39-48(52)62-46(43-61-64(56,57)60-41-45(50)40-59-63(53,54)55)42-58-47(51)38-34-30-26-24-23-25-29-33-37-44(49)36-32-28-10-8-6-4-2/h5,7,11-12,14-15,17-18,20-21,24-26,28-29,32-33,37,44-46,49-50H,3-4,6,8-10,13,16,19,22-23,27,30-31,34-36,38-43H2,1-2H3,(H,56,57)(H2,53,54,55)/b7-5-,12-11-,15-14-,18-17-,21-20-,26-24-,29-25-,32-28-,37-33+/t44-,45+,46-/m1/s1. The number of esters is 2. The van der Waals surface area contributed by atoms with Crippen LogP contribution in [0.2, 0.25) is 0 Å². The van der Waals surface area contributed by atoms with E-state index >= 15 is 0 Å². The molecule has 0 amide bonds. The number of aliphatic hydroxyl groups excluding tert-OH is 2. The van der Waals surface area contributed by atoms with Crippen molar-refractivity contribution in [2.24, 2.45) is 0 Å². The van der Waals surface area contributed by atoms with E-state index in [9.17, 15) is 33.8 Å². The number of hydrogen-bond donors (Lipinski definition) is 5. The maximum absolute atomic E-state index is 12.7. The molecule has 0 aliphatic carbocycles. The molecule has 0 radical (unpaired) electrons. The lowest BCUT2D eigenvalue weighted by molar-refractivity contribution is -0.161. The van der Waals surface area contributed by atoms with Gasteiger partial charge in [0.25, 0.3) is 0 Å². The molecule has 4 atom stereocenters. The third kappa shape index (κ3) is 45.3. The fourth-order valence-electron chi connectivity index (χ4n) is 5.27. The summed E-state index contributed by atoms with van der Waals surface area (Å²) < 4.78 is 47.7. The third-order valence-electron chi connectivity index (χ3n) is 8.72. The quantitative estimate of drug-likeness (QED) is 0.0127. The Bertz CT molecular complexity index is 1560. The van der Waals surface area contributed by atoms with Crippen LogP contribution in [0.4, 0.5) is 0 Å². The van der Waals surface area contributed by atoms with Crippen LogP contribution >= 0.6 is 15.6 Å². The molecule has 0 fully saturated rings. The van der Waals surface area contributed by atoms with E-state index in [1.807, 2.05) is 36.5 Å². The zero-order chi connectivity index (χ0) is 47.4. The number of phosphoric ester groups is 2. The molecule has 64 heavy (non-hydrogen) atoms. The molecule has 0 heterocycles. The van der Waals surface area contributed by atoms with E-state index in [1.54, 1.807) is 6.08 Å². The van der Waals surface area contributed by atoms with Crippen LogP contribution in [0.1, 0.15) is 136 Å². The van der Waals surface area contributed by atoms with Crippen LogP contribution in [0.15, 0.2) is 109 Å². The molecule has 1 unspecified atom stereocenters. The van der Waals surface area contributed by atoms with E-state index in [0.717, 1.165) is 57.8 Å². The van der Waals surface area contributed by atoms with Crippen LogP contribution in [-0.2, 0) is 41.8 Å². The Kier molecular flexibility index (Phi) is 40.2. The molecule has 0 saturated heterocycles. The normalized spacial score (nSPS) is 15.4. The summed E-state index contributed by atoms with van der Waals surface area (Å²) in [5.41, 5.74) is 0. The number of allylic oxidation sites excluding steroid dienone is 16. The largest absolute Gasteiger partial charge is 0.472 e. The monoisotopic (exact) mass is 940 g/mol. The van der Waals surface area contributed by atoms with E-state index in [1.165, 1.54) is 19.3 Å². The summed E-state index contributed by atoms with van der Waals surface area (Å²) in [5, 5.41) is 19.8. The van der Waals surface area contributed by atoms with Crippen LogP contribution in [0.3, 0.4) is 0 Å². The maximum atomic E-state index is 12.7. The molecule has 0 aromatic heterocycles. The van der Waals surface area contributed by atoms with Crippen molar-refractivity contribution >= 4 is 27.6 Å². The first kappa shape index (κ1) is 60.7. The Morgan fingerprint density at radius 3 is 1.66 bits per heavy atom. The van der Waals surface area contributed by atoms with Gasteiger partial charge in [-0.25, -0.2) is 9.13 Å². The van der Waals surface area contributed by atoms with Crippen LogP contribution in [0.5, 0.6) is 0 Å². The second kappa shape index (κ2) is 42.4. The summed E-state index contributed by atoms with van der Waals surface area (Å²) in [4.78, 5) is 52.7. The summed E-state index contributed by atoms with van der Waals surface area (Å²) in [6.07, 6.45) is 48.2. The predicted octanol–water partition coefficient (Wildman–Crippen LogP) is 10.9. The number of rotatable bonds is 41. The van der Waals surface area contributed by atoms with Gasteiger partial charge in [0.1, 0.15) is 12.7 Å². The first-order chi connectivity index (χ1) is 30.8. The van der Waals surface area contributed by atoms with Crippen molar-refractivity contribution in [3.8, 4) is 0 Å². The highest BCUT2D eigenvalue weighted by Gasteiger charge is 2.28. The van der Waals surface area contributed by atoms with Crippen molar-refractivity contribution in [3.63, 3.8) is 0 Å². The van der Waals surface area contributed by atoms with Crippen molar-refractivity contribution in [3.05, 3.63) is 109 Å². The molecular weight excluding hydrogens is 862 g/mol. The number of aliphatic hydroxyl groups is 2. The van der Waals surface area contributed by atoms with Gasteiger partial charge >= 0.3 is 27.6 Å². The Morgan fingerprint density at radius 2 is 1.05 bits per heavy atom. The smallest absolute Gasteiger partial charge is 0.462 e. The number of unbranched alkanes of at least 4 members (excludes halogenated alkanes) is 7. The van der Waals surface area contributed by atoms with Crippen molar-refractivity contribution in [2.45, 2.75) is 154 Å². The first-order valence-electron chi connectivity index (χ1n) is 22.7. The van der Waals surface area contributed by atoms with E-state index in [-0.39, 0.29) is 12.8 Å². The summed E-state index contributed by atoms with van der Waals surface area (Å²) in [6, 6.07) is 0. The fourth-order valence-corrected chi connectivity index (χ4v) is 6.43. The zero-order valence-electron chi connectivity index (χ0n) is 38.2. The predicted molar refractivity (Wildman–Crippen MR) is 254 cm³/mol. The zero-order valence-corrected chi connectivity index (χ0v) is 40.0. The second-order valence-electron chi connectivity index (χ2n) is 14.8. The lowest BCUT2D eigenvalue weighted by Gasteiger charge is -2.20. The SMILES string of the molecule is CC/C=C\C/C=C\C/C=C\C/C=C\C/C=C\CCCCCC(=O)O[C@H](COC(=O)CCC/C=C\C/C=C\C=C\[C@H](O)C/C=C\CCCCC)COP(=O)(O)OC[C@@H](O)COP(=O)(O)O. The van der Waals surface area contributed by atoms with Crippen molar-refractivity contribution in [1.29, 1.82) is 0 Å². The molecule has 0 bridgehead atoms. The molecular formula is C48H78O14P2. The first-order valence-corrected chi connectivity index (χ1v) is 25.7. The van der Waals surface area contributed by atoms with E-state index in [2.05, 4.69) is 89.7 Å². The van der Waals surface area contributed by atoms with Gasteiger partial charge in [-0.2, -0.15) is 0 Å². The molecule has 0 saturated carbocycles. The average molecular weight is 941 g/mol. The minimum Gasteiger partial charge on any atom is -0.462 e. The van der Waals surface area contributed by atoms with Gasteiger partial charge in [0, 0.05) is 12.8 Å². The molecule has 14 nitrogen and oxygen atoms in total. The second-order valence-corrected chi connectivity index (χ2v) is 17.5. The molecule has 364 valence electrons. The topological polar surface area (TPSA) is 216 Å². The average Bonchev–Trinajstić information content (AvgIpc) is 3.25. The van der Waals surface area contributed by atoms with Crippen molar-refractivity contribution < 1.29 is 66.7 Å². The van der Waals surface area contributed by atoms with Crippen LogP contribution in [0.25, 0.3) is 0 Å². The highest BCUT2D eigenvalue weighted by atomic mass is 31.2. The van der Waals surface area contributed by atoms with Crippen molar-refractivity contribution in [1.82, 2.24) is 0 Å². The van der Waals surface area contributed by atoms with E-state index < -0.39 is 72.3 Å². The number of phosphoric acid groups is 2. The minimum absolute atomic E-state index is 0.0613. The van der Waals surface area contributed by atoms with Crippen LogP contribution < -0.4 is 0 Å². The molecule has 0 aliphatic heterocycles. The van der Waals surface area contributed by atoms with Gasteiger partial charge in [0.15, 0.2) is 6.10 Å². The number of ether oxygens (including phenoxy) is 2. The summed E-state index contributed by atoms with van der Waals surface area (Å²) in [7, 11) is -9.74. The Labute approximate surface area is 383 Å². The molecule has 0 aromatic rings. The lowest BCUT2D eigenvalue weighted by Crippen LogP contribution is -2.30. The molecule has 0 spiro atoms. The van der Waals surface area contributed by atoms with Crippen molar-refractivity contribution in [2.75, 3.05) is 26.4 Å². The van der Waals surface area contributed by atoms with Gasteiger partial charge in [-0.15, -0.1) is 0 Å². The third-order valence-corrected chi connectivity index (χ3v) is 10.2. The van der Waals surface area contributed by atoms with Gasteiger partial charge in [-0.05, 0) is 89.9 Å². The molecule has 0 aliphatic rings. The van der Waals surface area contributed by atoms with Gasteiger partial charge < -0.3 is 34.4 Å². The van der Waals surface area contributed by atoms with Gasteiger partial charge in [-0.1, -0.05) is 142 Å². The summed E-state index contributed by atoms with van der Waals surface area (Å²) in [5.74, 6) is -1.19. The molecule has 5 N–H and O–H groups in total. The fraction of sp³-hybridized carbons (Fsp3) is 0.583. The highest BCUT2D eigenvalue weighted by molar-refractivity contribution is 7.47. The Hall–Kier alpha value is -3.26. The maximum Gasteiger partial charge on any atom is 0.472 e. The van der Waals surface area contributed by atoms with E-state index in [4.69, 9.17) is 23.8 Å². The number of hydrogen-bond acceptors (Lipinski definition) is 11. The summed E-state index contributed by atoms with van der Waals surface area (Å²) >= 11 is 0.